The van der Waals surface area contributed by atoms with E-state index in [2.05, 4.69) is 10.3 Å². The molecule has 0 fully saturated rings. The summed E-state index contributed by atoms with van der Waals surface area (Å²) in [6.07, 6.45) is 1.92. The minimum Gasteiger partial charge on any atom is -0.495 e. The van der Waals surface area contributed by atoms with Crippen molar-refractivity contribution < 1.29 is 4.74 Å². The molecule has 0 spiro atoms. The standard InChI is InChI=1S/C16H14ClN3O/c1-21-16-8-7-12(9-14(16)17)10-20-11-15(18-19-20)13-5-3-2-4-6-13/h2-9,11H,10H2,1H3. The zero-order chi connectivity index (χ0) is 14.7. The highest BCUT2D eigenvalue weighted by molar-refractivity contribution is 6.32. The summed E-state index contributed by atoms with van der Waals surface area (Å²) in [5.41, 5.74) is 2.96. The van der Waals surface area contributed by atoms with E-state index in [1.807, 2.05) is 54.7 Å². The zero-order valence-corrected chi connectivity index (χ0v) is 12.3. The first kappa shape index (κ1) is 13.6. The van der Waals surface area contributed by atoms with Crippen LogP contribution in [0.15, 0.2) is 54.7 Å². The largest absolute Gasteiger partial charge is 0.495 e. The van der Waals surface area contributed by atoms with Gasteiger partial charge in [-0.05, 0) is 17.7 Å². The van der Waals surface area contributed by atoms with E-state index < -0.39 is 0 Å². The molecule has 0 aliphatic carbocycles. The molecule has 0 saturated carbocycles. The van der Waals surface area contributed by atoms with Gasteiger partial charge in [-0.15, -0.1) is 5.10 Å². The molecule has 1 heterocycles. The number of methoxy groups -OCH3 is 1. The van der Waals surface area contributed by atoms with Gasteiger partial charge in [-0.1, -0.05) is 53.2 Å². The van der Waals surface area contributed by atoms with Crippen LogP contribution in [0, 0.1) is 0 Å². The number of hydrogen-bond donors (Lipinski definition) is 0. The lowest BCUT2D eigenvalue weighted by Crippen LogP contribution is -2.00. The van der Waals surface area contributed by atoms with Crippen LogP contribution < -0.4 is 4.74 Å². The monoisotopic (exact) mass is 299 g/mol. The molecule has 3 aromatic rings. The second-order valence-electron chi connectivity index (χ2n) is 4.64. The van der Waals surface area contributed by atoms with Crippen molar-refractivity contribution in [2.24, 2.45) is 0 Å². The number of aromatic nitrogens is 3. The molecular formula is C16H14ClN3O. The minimum atomic E-state index is 0.596. The van der Waals surface area contributed by atoms with Crippen molar-refractivity contribution in [2.45, 2.75) is 6.54 Å². The summed E-state index contributed by atoms with van der Waals surface area (Å²) in [6.45, 7) is 0.615. The maximum absolute atomic E-state index is 6.13. The van der Waals surface area contributed by atoms with Gasteiger partial charge >= 0.3 is 0 Å². The van der Waals surface area contributed by atoms with Crippen LogP contribution in [-0.4, -0.2) is 22.1 Å². The molecule has 21 heavy (non-hydrogen) atoms. The summed E-state index contributed by atoms with van der Waals surface area (Å²) < 4.78 is 6.94. The fourth-order valence-corrected chi connectivity index (χ4v) is 2.39. The highest BCUT2D eigenvalue weighted by atomic mass is 35.5. The predicted octanol–water partition coefficient (Wildman–Crippen LogP) is 3.66. The van der Waals surface area contributed by atoms with E-state index in [1.165, 1.54) is 0 Å². The Morgan fingerprint density at radius 1 is 1.14 bits per heavy atom. The molecule has 0 unspecified atom stereocenters. The van der Waals surface area contributed by atoms with Gasteiger partial charge in [0.25, 0.3) is 0 Å². The highest BCUT2D eigenvalue weighted by Crippen LogP contribution is 2.25. The molecule has 0 saturated heterocycles. The maximum Gasteiger partial charge on any atom is 0.137 e. The lowest BCUT2D eigenvalue weighted by Gasteiger charge is -2.05. The molecule has 106 valence electrons. The Balaban J connectivity index is 1.80. The molecule has 0 radical (unpaired) electrons. The van der Waals surface area contributed by atoms with Crippen molar-refractivity contribution in [3.8, 4) is 17.0 Å². The van der Waals surface area contributed by atoms with E-state index in [1.54, 1.807) is 11.8 Å². The average molecular weight is 300 g/mol. The van der Waals surface area contributed by atoms with Crippen molar-refractivity contribution in [3.05, 3.63) is 65.3 Å². The zero-order valence-electron chi connectivity index (χ0n) is 11.5. The molecule has 0 bridgehead atoms. The van der Waals surface area contributed by atoms with Gasteiger partial charge in [0.2, 0.25) is 0 Å². The first-order chi connectivity index (χ1) is 10.3. The highest BCUT2D eigenvalue weighted by Gasteiger charge is 2.06. The van der Waals surface area contributed by atoms with Crippen LogP contribution in [0.2, 0.25) is 5.02 Å². The Labute approximate surface area is 127 Å². The van der Waals surface area contributed by atoms with Crippen LogP contribution >= 0.6 is 11.6 Å². The Hall–Kier alpha value is -2.33. The minimum absolute atomic E-state index is 0.596. The van der Waals surface area contributed by atoms with Gasteiger partial charge in [-0.3, -0.25) is 0 Å². The van der Waals surface area contributed by atoms with E-state index in [9.17, 15) is 0 Å². The summed E-state index contributed by atoms with van der Waals surface area (Å²) in [6, 6.07) is 15.7. The second kappa shape index (κ2) is 5.97. The van der Waals surface area contributed by atoms with Crippen LogP contribution in [0.4, 0.5) is 0 Å². The summed E-state index contributed by atoms with van der Waals surface area (Å²) >= 11 is 6.13. The number of rotatable bonds is 4. The van der Waals surface area contributed by atoms with Gasteiger partial charge in [0.1, 0.15) is 11.4 Å². The Morgan fingerprint density at radius 2 is 1.95 bits per heavy atom. The topological polar surface area (TPSA) is 39.9 Å². The molecule has 0 amide bonds. The van der Waals surface area contributed by atoms with Gasteiger partial charge < -0.3 is 4.74 Å². The lowest BCUT2D eigenvalue weighted by molar-refractivity contribution is 0.415. The summed E-state index contributed by atoms with van der Waals surface area (Å²) in [4.78, 5) is 0. The quantitative estimate of drug-likeness (QED) is 0.738. The summed E-state index contributed by atoms with van der Waals surface area (Å²) in [5, 5.41) is 8.94. The van der Waals surface area contributed by atoms with Gasteiger partial charge in [0.05, 0.1) is 24.9 Å². The number of ether oxygens (including phenoxy) is 1. The SMILES string of the molecule is COc1ccc(Cn2cc(-c3ccccc3)nn2)cc1Cl. The van der Waals surface area contributed by atoms with Crippen LogP contribution in [0.3, 0.4) is 0 Å². The normalized spacial score (nSPS) is 10.6. The van der Waals surface area contributed by atoms with Crippen molar-refractivity contribution in [1.82, 2.24) is 15.0 Å². The van der Waals surface area contributed by atoms with Crippen LogP contribution in [-0.2, 0) is 6.54 Å². The smallest absolute Gasteiger partial charge is 0.137 e. The lowest BCUT2D eigenvalue weighted by atomic mass is 10.2. The molecule has 4 nitrogen and oxygen atoms in total. The first-order valence-electron chi connectivity index (χ1n) is 6.54. The van der Waals surface area contributed by atoms with Crippen molar-refractivity contribution >= 4 is 11.6 Å². The number of benzene rings is 2. The van der Waals surface area contributed by atoms with Gasteiger partial charge in [0.15, 0.2) is 0 Å². The van der Waals surface area contributed by atoms with Crippen molar-refractivity contribution in [2.75, 3.05) is 7.11 Å². The molecule has 0 aliphatic rings. The predicted molar refractivity (Wildman–Crippen MR) is 82.6 cm³/mol. The first-order valence-corrected chi connectivity index (χ1v) is 6.92. The molecule has 2 aromatic carbocycles. The maximum atomic E-state index is 6.13. The van der Waals surface area contributed by atoms with Gasteiger partial charge in [-0.2, -0.15) is 0 Å². The van der Waals surface area contributed by atoms with Gasteiger partial charge in [0, 0.05) is 5.56 Å². The molecule has 0 atom stereocenters. The molecule has 0 N–H and O–H groups in total. The summed E-state index contributed by atoms with van der Waals surface area (Å²) in [7, 11) is 1.60. The Morgan fingerprint density at radius 3 is 2.67 bits per heavy atom. The number of nitrogens with zero attached hydrogens (tertiary/aromatic N) is 3. The molecule has 0 aliphatic heterocycles. The van der Waals surface area contributed by atoms with Crippen LogP contribution in [0.1, 0.15) is 5.56 Å². The van der Waals surface area contributed by atoms with E-state index in [0.29, 0.717) is 17.3 Å². The molecule has 3 rings (SSSR count). The van der Waals surface area contributed by atoms with Crippen LogP contribution in [0.5, 0.6) is 5.75 Å². The molecule has 1 aromatic heterocycles. The molecular weight excluding hydrogens is 286 g/mol. The third-order valence-corrected chi connectivity index (χ3v) is 3.46. The Bertz CT molecular complexity index is 740. The number of halogens is 1. The number of hydrogen-bond acceptors (Lipinski definition) is 3. The van der Waals surface area contributed by atoms with Crippen molar-refractivity contribution in [1.29, 1.82) is 0 Å². The van der Waals surface area contributed by atoms with Crippen LogP contribution in [0.25, 0.3) is 11.3 Å². The van der Waals surface area contributed by atoms with E-state index >= 15 is 0 Å². The van der Waals surface area contributed by atoms with E-state index in [0.717, 1.165) is 16.8 Å². The second-order valence-corrected chi connectivity index (χ2v) is 5.04. The third-order valence-electron chi connectivity index (χ3n) is 3.17. The molecule has 5 heteroatoms. The van der Waals surface area contributed by atoms with E-state index in [4.69, 9.17) is 16.3 Å². The third kappa shape index (κ3) is 3.06. The average Bonchev–Trinajstić information content (AvgIpc) is 2.97. The van der Waals surface area contributed by atoms with E-state index in [-0.39, 0.29) is 0 Å². The summed E-state index contributed by atoms with van der Waals surface area (Å²) in [5.74, 6) is 0.670. The Kier molecular flexibility index (Phi) is 3.88. The fourth-order valence-electron chi connectivity index (χ4n) is 2.11. The fraction of sp³-hybridized carbons (Fsp3) is 0.125. The van der Waals surface area contributed by atoms with Crippen molar-refractivity contribution in [3.63, 3.8) is 0 Å². The van der Waals surface area contributed by atoms with Gasteiger partial charge in [-0.25, -0.2) is 4.68 Å².